The summed E-state index contributed by atoms with van der Waals surface area (Å²) >= 11 is 0. The summed E-state index contributed by atoms with van der Waals surface area (Å²) < 4.78 is 10.3. The maximum absolute atomic E-state index is 9.98. The van der Waals surface area contributed by atoms with E-state index in [0.717, 1.165) is 0 Å². The van der Waals surface area contributed by atoms with Gasteiger partial charge in [-0.1, -0.05) is 0 Å². The van der Waals surface area contributed by atoms with Crippen LogP contribution in [0.15, 0.2) is 0 Å². The van der Waals surface area contributed by atoms with Gasteiger partial charge >= 0.3 is 0 Å². The summed E-state index contributed by atoms with van der Waals surface area (Å²) in [6, 6.07) is -0.456. The maximum atomic E-state index is 9.98. The molecule has 1 saturated heterocycles. The second-order valence-electron chi connectivity index (χ2n) is 6.44. The van der Waals surface area contributed by atoms with Gasteiger partial charge in [-0.3, -0.25) is 0 Å². The molecule has 2 fully saturated rings. The number of nitrogens with one attached hydrogen (secondary N) is 1. The molecule has 0 aromatic heterocycles. The number of hydrogen-bond acceptors (Lipinski definition) is 10. The predicted octanol–water partition coefficient (Wildman–Crippen LogP) is -4.36. The monoisotopic (exact) mass is 353 g/mol. The van der Waals surface area contributed by atoms with Gasteiger partial charge in [-0.05, 0) is 12.8 Å². The Morgan fingerprint density at radius 3 is 1.88 bits per heavy atom. The molecule has 0 amide bonds. The second-order valence-corrected chi connectivity index (χ2v) is 6.44. The van der Waals surface area contributed by atoms with Gasteiger partial charge in [0.2, 0.25) is 0 Å². The molecule has 1 aliphatic carbocycles. The lowest BCUT2D eigenvalue weighted by Gasteiger charge is -2.40. The molecule has 0 bridgehead atoms. The molecule has 10 nitrogen and oxygen atoms in total. The first-order valence-electron chi connectivity index (χ1n) is 7.94. The van der Waals surface area contributed by atoms with E-state index in [-0.39, 0.29) is 19.4 Å². The van der Waals surface area contributed by atoms with Gasteiger partial charge in [-0.2, -0.15) is 0 Å². The Bertz CT molecular complexity index is 382. The molecule has 9 atom stereocenters. The van der Waals surface area contributed by atoms with Crippen molar-refractivity contribution >= 4 is 0 Å². The summed E-state index contributed by atoms with van der Waals surface area (Å²) in [6.07, 6.45) is -11.3. The lowest BCUT2D eigenvalue weighted by molar-refractivity contribution is -0.288. The van der Waals surface area contributed by atoms with Gasteiger partial charge in [0.25, 0.3) is 0 Å². The van der Waals surface area contributed by atoms with Crippen molar-refractivity contribution in [1.29, 1.82) is 0 Å². The van der Waals surface area contributed by atoms with Crippen molar-refractivity contribution in [2.45, 2.75) is 74.0 Å². The van der Waals surface area contributed by atoms with E-state index in [1.54, 1.807) is 0 Å². The molecule has 2 rings (SSSR count). The highest BCUT2D eigenvalue weighted by Crippen LogP contribution is 2.23. The lowest BCUT2D eigenvalue weighted by atomic mass is 9.98. The molecule has 10 heteroatoms. The van der Waals surface area contributed by atoms with Crippen LogP contribution in [0.25, 0.3) is 0 Å². The maximum Gasteiger partial charge on any atom is 0.186 e. The second kappa shape index (κ2) is 8.32. The molecule has 1 aliphatic heterocycles. The number of rotatable bonds is 4. The van der Waals surface area contributed by atoms with Crippen LogP contribution in [0.1, 0.15) is 12.8 Å². The SMILES string of the molecule is CO[C@H]1O[C@H](CNC2C[C@H](O)[C@@H](O)[C@H](O)[C@@H](O)C2)[C@@H](O)[C@H](O)[C@H]1O. The molecule has 0 radical (unpaired) electrons. The fourth-order valence-corrected chi connectivity index (χ4v) is 3.14. The molecule has 1 heterocycles. The average molecular weight is 353 g/mol. The first kappa shape index (κ1) is 19.9. The van der Waals surface area contributed by atoms with E-state index in [1.807, 2.05) is 0 Å². The fraction of sp³-hybridized carbons (Fsp3) is 1.00. The Balaban J connectivity index is 1.94. The van der Waals surface area contributed by atoms with Gasteiger partial charge in [-0.15, -0.1) is 0 Å². The highest BCUT2D eigenvalue weighted by atomic mass is 16.7. The first-order valence-corrected chi connectivity index (χ1v) is 7.94. The molecular weight excluding hydrogens is 326 g/mol. The smallest absolute Gasteiger partial charge is 0.186 e. The van der Waals surface area contributed by atoms with Crippen LogP contribution in [-0.2, 0) is 9.47 Å². The fourth-order valence-electron chi connectivity index (χ4n) is 3.14. The van der Waals surface area contributed by atoms with Crippen molar-refractivity contribution in [2.75, 3.05) is 13.7 Å². The van der Waals surface area contributed by atoms with Gasteiger partial charge in [0, 0.05) is 19.7 Å². The number of methoxy groups -OCH3 is 1. The minimum atomic E-state index is -1.45. The Morgan fingerprint density at radius 1 is 0.833 bits per heavy atom. The Kier molecular flexibility index (Phi) is 6.90. The Morgan fingerprint density at radius 2 is 1.38 bits per heavy atom. The van der Waals surface area contributed by atoms with E-state index in [1.165, 1.54) is 7.11 Å². The molecule has 142 valence electrons. The topological polar surface area (TPSA) is 172 Å². The Labute approximate surface area is 139 Å². The van der Waals surface area contributed by atoms with Crippen LogP contribution in [0, 0.1) is 0 Å². The van der Waals surface area contributed by atoms with E-state index in [4.69, 9.17) is 9.47 Å². The summed E-state index contributed by atoms with van der Waals surface area (Å²) in [6.45, 7) is 0.0428. The normalized spacial score (nSPS) is 48.2. The molecule has 0 aromatic rings. The van der Waals surface area contributed by atoms with Gasteiger partial charge in [-0.25, -0.2) is 0 Å². The molecule has 0 aromatic carbocycles. The molecule has 0 unspecified atom stereocenters. The van der Waals surface area contributed by atoms with Gasteiger partial charge < -0.3 is 50.5 Å². The summed E-state index contributed by atoms with van der Waals surface area (Å²) in [7, 11) is 1.30. The van der Waals surface area contributed by atoms with Crippen molar-refractivity contribution in [3.8, 4) is 0 Å². The van der Waals surface area contributed by atoms with Crippen LogP contribution in [0.5, 0.6) is 0 Å². The molecule has 8 N–H and O–H groups in total. The standard InChI is InChI=1S/C14H27NO9/c1-23-14-13(22)12(21)11(20)8(24-14)4-15-5-2-6(16)9(18)10(19)7(17)3-5/h5-22H,2-4H2,1H3/t6-,7-,8+,9+,10+,11+,12-,13+,14-/m0/s1. The average Bonchev–Trinajstić information content (AvgIpc) is 2.65. The van der Waals surface area contributed by atoms with Gasteiger partial charge in [0.15, 0.2) is 6.29 Å². The minimum absolute atomic E-state index is 0.0428. The van der Waals surface area contributed by atoms with E-state index in [0.29, 0.717) is 0 Å². The number of aliphatic hydroxyl groups is 7. The largest absolute Gasteiger partial charge is 0.390 e. The van der Waals surface area contributed by atoms with Crippen molar-refractivity contribution in [3.05, 3.63) is 0 Å². The van der Waals surface area contributed by atoms with E-state index in [2.05, 4.69) is 5.32 Å². The van der Waals surface area contributed by atoms with Gasteiger partial charge in [0.05, 0.1) is 12.2 Å². The number of hydrogen-bond donors (Lipinski definition) is 8. The van der Waals surface area contributed by atoms with Crippen LogP contribution >= 0.6 is 0 Å². The lowest BCUT2D eigenvalue weighted by Crippen LogP contribution is -2.60. The first-order chi connectivity index (χ1) is 11.3. The zero-order valence-electron chi connectivity index (χ0n) is 13.3. The Hall–Kier alpha value is -0.400. The van der Waals surface area contributed by atoms with Crippen molar-refractivity contribution in [1.82, 2.24) is 5.32 Å². The van der Waals surface area contributed by atoms with Crippen molar-refractivity contribution in [2.24, 2.45) is 0 Å². The molecule has 0 spiro atoms. The summed E-state index contributed by atoms with van der Waals surface area (Å²) in [4.78, 5) is 0. The molecule has 1 saturated carbocycles. The minimum Gasteiger partial charge on any atom is -0.390 e. The number of aliphatic hydroxyl groups excluding tert-OH is 7. The van der Waals surface area contributed by atoms with Crippen LogP contribution in [0.2, 0.25) is 0 Å². The van der Waals surface area contributed by atoms with Crippen LogP contribution < -0.4 is 5.32 Å². The van der Waals surface area contributed by atoms with Crippen LogP contribution in [0.4, 0.5) is 0 Å². The third kappa shape index (κ3) is 4.22. The number of ether oxygens (including phenoxy) is 2. The highest BCUT2D eigenvalue weighted by molar-refractivity contribution is 4.93. The van der Waals surface area contributed by atoms with Crippen LogP contribution in [-0.4, -0.2) is 111 Å². The van der Waals surface area contributed by atoms with E-state index in [9.17, 15) is 35.7 Å². The zero-order valence-corrected chi connectivity index (χ0v) is 13.3. The van der Waals surface area contributed by atoms with E-state index < -0.39 is 61.2 Å². The molecule has 2 aliphatic rings. The zero-order chi connectivity index (χ0) is 18.0. The van der Waals surface area contributed by atoms with Crippen molar-refractivity contribution in [3.63, 3.8) is 0 Å². The third-order valence-electron chi connectivity index (χ3n) is 4.70. The highest BCUT2D eigenvalue weighted by Gasteiger charge is 2.44. The predicted molar refractivity (Wildman–Crippen MR) is 78.7 cm³/mol. The molecule has 24 heavy (non-hydrogen) atoms. The summed E-state index contributed by atoms with van der Waals surface area (Å²) in [5.41, 5.74) is 0. The van der Waals surface area contributed by atoms with Crippen molar-refractivity contribution < 1.29 is 45.2 Å². The van der Waals surface area contributed by atoms with E-state index >= 15 is 0 Å². The molecular formula is C14H27NO9. The third-order valence-corrected chi connectivity index (χ3v) is 4.70. The summed E-state index contributed by atoms with van der Waals surface area (Å²) in [5, 5.41) is 71.5. The quantitative estimate of drug-likeness (QED) is 0.231. The van der Waals surface area contributed by atoms with Gasteiger partial charge in [0.1, 0.15) is 36.6 Å². The summed E-state index contributed by atoms with van der Waals surface area (Å²) in [5.74, 6) is 0. The van der Waals surface area contributed by atoms with Crippen LogP contribution in [0.3, 0.4) is 0 Å².